The number of carbonyl (C=O) groups is 1. The number of aryl methyl sites for hydroxylation is 1. The van der Waals surface area contributed by atoms with Gasteiger partial charge in [0, 0.05) is 27.7 Å². The maximum Gasteiger partial charge on any atom is 0.273 e. The first kappa shape index (κ1) is 19.9. The maximum absolute atomic E-state index is 13.4. The summed E-state index contributed by atoms with van der Waals surface area (Å²) in [6.45, 7) is 2.48. The Morgan fingerprint density at radius 2 is 1.68 bits per heavy atom. The average Bonchev–Trinajstić information content (AvgIpc) is 3.31. The number of aromatic amines is 1. The van der Waals surface area contributed by atoms with Gasteiger partial charge in [-0.15, -0.1) is 0 Å². The number of H-pyrrole nitrogens is 1. The minimum Gasteiger partial charge on any atom is -0.322 e. The number of benzene rings is 3. The largest absolute Gasteiger partial charge is 0.322 e. The van der Waals surface area contributed by atoms with Gasteiger partial charge in [-0.2, -0.15) is 5.10 Å². The van der Waals surface area contributed by atoms with Gasteiger partial charge in [-0.1, -0.05) is 83.4 Å². The number of fused-ring (bicyclic) bond motifs is 1. The van der Waals surface area contributed by atoms with Crippen molar-refractivity contribution in [3.05, 3.63) is 111 Å². The number of aromatic nitrogens is 2. The molecule has 0 saturated carbocycles. The van der Waals surface area contributed by atoms with Gasteiger partial charge in [0.05, 0.1) is 11.7 Å². The van der Waals surface area contributed by atoms with Gasteiger partial charge in [0.25, 0.3) is 5.91 Å². The Morgan fingerprint density at radius 1 is 0.968 bits per heavy atom. The zero-order chi connectivity index (χ0) is 21.5. The quantitative estimate of drug-likeness (QED) is 0.391. The molecule has 3 aromatic carbocycles. The number of nitrogens with one attached hydrogen (secondary N) is 1. The summed E-state index contributed by atoms with van der Waals surface area (Å²) in [5.74, 6) is -0.0965. The Bertz CT molecular complexity index is 1260. The minimum atomic E-state index is -0.345. The molecule has 1 unspecified atom stereocenters. The van der Waals surface area contributed by atoms with Crippen LogP contribution in [0.5, 0.6) is 0 Å². The fourth-order valence-corrected chi connectivity index (χ4v) is 4.46. The average molecular weight is 448 g/mol. The van der Waals surface area contributed by atoms with Crippen LogP contribution in [0.2, 0.25) is 10.0 Å². The summed E-state index contributed by atoms with van der Waals surface area (Å²) in [6.07, 6.45) is 0. The number of carbonyl (C=O) groups excluding carboxylic acids is 1. The highest BCUT2D eigenvalue weighted by Gasteiger charge is 2.42. The van der Waals surface area contributed by atoms with E-state index in [-0.39, 0.29) is 11.9 Å². The summed E-state index contributed by atoms with van der Waals surface area (Å²) in [7, 11) is 0. The molecule has 0 radical (unpaired) electrons. The molecule has 6 heteroatoms. The molecular weight excluding hydrogens is 429 g/mol. The van der Waals surface area contributed by atoms with Crippen molar-refractivity contribution in [1.82, 2.24) is 15.1 Å². The summed E-state index contributed by atoms with van der Waals surface area (Å²) in [6, 6.07) is 23.0. The lowest BCUT2D eigenvalue weighted by atomic mass is 9.95. The van der Waals surface area contributed by atoms with Gasteiger partial charge in [-0.3, -0.25) is 9.89 Å². The molecule has 0 saturated heterocycles. The molecule has 2 heterocycles. The van der Waals surface area contributed by atoms with Crippen LogP contribution >= 0.6 is 23.2 Å². The van der Waals surface area contributed by atoms with Crippen LogP contribution in [0.1, 0.15) is 38.8 Å². The second kappa shape index (κ2) is 7.88. The summed E-state index contributed by atoms with van der Waals surface area (Å²) in [5.41, 5.74) is 6.13. The predicted molar refractivity (Wildman–Crippen MR) is 123 cm³/mol. The van der Waals surface area contributed by atoms with E-state index in [1.165, 1.54) is 5.56 Å². The molecule has 1 aliphatic heterocycles. The number of rotatable bonds is 4. The molecule has 31 heavy (non-hydrogen) atoms. The van der Waals surface area contributed by atoms with Crippen LogP contribution < -0.4 is 0 Å². The molecule has 0 fully saturated rings. The fraction of sp³-hybridized carbons (Fsp3) is 0.120. The van der Waals surface area contributed by atoms with E-state index < -0.39 is 0 Å². The molecule has 0 bridgehead atoms. The molecule has 1 aliphatic rings. The van der Waals surface area contributed by atoms with Gasteiger partial charge in [0.1, 0.15) is 5.69 Å². The van der Waals surface area contributed by atoms with E-state index in [9.17, 15) is 4.79 Å². The van der Waals surface area contributed by atoms with Crippen molar-refractivity contribution < 1.29 is 4.79 Å². The zero-order valence-corrected chi connectivity index (χ0v) is 18.3. The van der Waals surface area contributed by atoms with Crippen molar-refractivity contribution in [2.75, 3.05) is 0 Å². The maximum atomic E-state index is 13.4. The zero-order valence-electron chi connectivity index (χ0n) is 16.8. The first-order valence-electron chi connectivity index (χ1n) is 9.98. The minimum absolute atomic E-state index is 0.0965. The van der Waals surface area contributed by atoms with Crippen molar-refractivity contribution in [3.63, 3.8) is 0 Å². The van der Waals surface area contributed by atoms with Crippen LogP contribution in [-0.4, -0.2) is 21.0 Å². The van der Waals surface area contributed by atoms with E-state index in [4.69, 9.17) is 23.2 Å². The monoisotopic (exact) mass is 447 g/mol. The molecule has 1 atom stereocenters. The molecule has 5 rings (SSSR count). The van der Waals surface area contributed by atoms with Crippen molar-refractivity contribution in [2.45, 2.75) is 19.5 Å². The topological polar surface area (TPSA) is 49.0 Å². The summed E-state index contributed by atoms with van der Waals surface area (Å²) < 4.78 is 0. The Kier molecular flexibility index (Phi) is 5.05. The lowest BCUT2D eigenvalue weighted by Gasteiger charge is -2.27. The van der Waals surface area contributed by atoms with Crippen LogP contribution in [0.3, 0.4) is 0 Å². The first-order valence-corrected chi connectivity index (χ1v) is 10.7. The highest BCUT2D eigenvalue weighted by Crippen LogP contribution is 2.45. The predicted octanol–water partition coefficient (Wildman–Crippen LogP) is 6.44. The molecule has 1 aromatic heterocycles. The third-order valence-electron chi connectivity index (χ3n) is 5.65. The van der Waals surface area contributed by atoms with Gasteiger partial charge in [-0.25, -0.2) is 0 Å². The van der Waals surface area contributed by atoms with Crippen molar-refractivity contribution in [2.24, 2.45) is 0 Å². The molecule has 4 nitrogen and oxygen atoms in total. The number of hydrogen-bond acceptors (Lipinski definition) is 2. The van der Waals surface area contributed by atoms with E-state index in [1.54, 1.807) is 0 Å². The molecule has 1 N–H and O–H groups in total. The third kappa shape index (κ3) is 3.52. The Hall–Kier alpha value is -3.08. The molecule has 0 spiro atoms. The third-order valence-corrected chi connectivity index (χ3v) is 6.25. The van der Waals surface area contributed by atoms with E-state index in [1.807, 2.05) is 84.6 Å². The van der Waals surface area contributed by atoms with Gasteiger partial charge in [0.2, 0.25) is 0 Å². The van der Waals surface area contributed by atoms with Crippen molar-refractivity contribution in [1.29, 1.82) is 0 Å². The number of amides is 1. The molecule has 4 aromatic rings. The summed E-state index contributed by atoms with van der Waals surface area (Å²) in [4.78, 5) is 15.3. The Morgan fingerprint density at radius 3 is 2.39 bits per heavy atom. The standard InChI is InChI=1S/C25H19Cl2N3O/c1-15-6-10-17(11-7-15)22-21-23(29-28-22)25(31)30(14-16-8-12-18(26)13-9-16)24(21)19-4-2-3-5-20(19)27/h2-13,24H,14H2,1H3,(H,28,29). The normalized spacial score (nSPS) is 15.4. The van der Waals surface area contributed by atoms with Gasteiger partial charge in [0.15, 0.2) is 0 Å². The second-order valence-corrected chi connectivity index (χ2v) is 8.55. The van der Waals surface area contributed by atoms with Gasteiger partial charge in [-0.05, 0) is 36.2 Å². The number of hydrogen-bond donors (Lipinski definition) is 1. The smallest absolute Gasteiger partial charge is 0.273 e. The summed E-state index contributed by atoms with van der Waals surface area (Å²) >= 11 is 12.7. The highest BCUT2D eigenvalue weighted by atomic mass is 35.5. The number of halogens is 2. The van der Waals surface area contributed by atoms with E-state index >= 15 is 0 Å². The SMILES string of the molecule is Cc1ccc(-c2n[nH]c3c2C(c2ccccc2Cl)N(Cc2ccc(Cl)cc2)C3=O)cc1. The summed E-state index contributed by atoms with van der Waals surface area (Å²) in [5, 5.41) is 8.78. The first-order chi connectivity index (χ1) is 15.0. The van der Waals surface area contributed by atoms with Crippen LogP contribution in [0.15, 0.2) is 72.8 Å². The van der Waals surface area contributed by atoms with Crippen LogP contribution in [0.4, 0.5) is 0 Å². The van der Waals surface area contributed by atoms with Crippen LogP contribution in [0.25, 0.3) is 11.3 Å². The van der Waals surface area contributed by atoms with Crippen molar-refractivity contribution in [3.8, 4) is 11.3 Å². The van der Waals surface area contributed by atoms with Crippen molar-refractivity contribution >= 4 is 29.1 Å². The van der Waals surface area contributed by atoms with E-state index in [0.717, 1.165) is 27.9 Å². The fourth-order valence-electron chi connectivity index (χ4n) is 4.10. The highest BCUT2D eigenvalue weighted by molar-refractivity contribution is 6.31. The van der Waals surface area contributed by atoms with Crippen LogP contribution in [0, 0.1) is 6.92 Å². The van der Waals surface area contributed by atoms with E-state index in [2.05, 4.69) is 10.2 Å². The molecule has 154 valence electrons. The van der Waals surface area contributed by atoms with E-state index in [0.29, 0.717) is 22.3 Å². The molecule has 0 aliphatic carbocycles. The Labute approximate surface area is 190 Å². The van der Waals surface area contributed by atoms with Crippen LogP contribution in [-0.2, 0) is 6.54 Å². The van der Waals surface area contributed by atoms with Gasteiger partial charge < -0.3 is 4.90 Å². The lowest BCUT2D eigenvalue weighted by Crippen LogP contribution is -2.29. The Balaban J connectivity index is 1.65. The molecule has 1 amide bonds. The molecular formula is C25H19Cl2N3O. The van der Waals surface area contributed by atoms with Gasteiger partial charge >= 0.3 is 0 Å². The number of nitrogens with zero attached hydrogens (tertiary/aromatic N) is 2. The second-order valence-electron chi connectivity index (χ2n) is 7.71. The lowest BCUT2D eigenvalue weighted by molar-refractivity contribution is 0.0730.